The SMILES string of the molecule is CC(C)C1N(C(=O)CCc2cccnc2)CC1(C)C. The Bertz CT molecular complexity index is 439. The summed E-state index contributed by atoms with van der Waals surface area (Å²) in [6.07, 6.45) is 4.98. The molecular formula is C16H24N2O. The average molecular weight is 260 g/mol. The third-order valence-corrected chi connectivity index (χ3v) is 4.02. The van der Waals surface area contributed by atoms with E-state index in [2.05, 4.69) is 37.6 Å². The molecule has 1 aromatic rings. The van der Waals surface area contributed by atoms with Crippen LogP contribution in [0, 0.1) is 11.3 Å². The highest BCUT2D eigenvalue weighted by Gasteiger charge is 2.48. The Balaban J connectivity index is 1.91. The smallest absolute Gasteiger partial charge is 0.223 e. The fraction of sp³-hybridized carbons (Fsp3) is 0.625. The molecule has 1 aromatic heterocycles. The summed E-state index contributed by atoms with van der Waals surface area (Å²) in [6, 6.07) is 4.33. The van der Waals surface area contributed by atoms with E-state index >= 15 is 0 Å². The number of aromatic nitrogens is 1. The van der Waals surface area contributed by atoms with Crippen molar-refractivity contribution in [3.63, 3.8) is 0 Å². The molecule has 19 heavy (non-hydrogen) atoms. The van der Waals surface area contributed by atoms with Crippen molar-refractivity contribution < 1.29 is 4.79 Å². The lowest BCUT2D eigenvalue weighted by Crippen LogP contribution is -2.65. The summed E-state index contributed by atoms with van der Waals surface area (Å²) in [4.78, 5) is 18.4. The first-order chi connectivity index (χ1) is 8.92. The molecule has 1 aliphatic heterocycles. The van der Waals surface area contributed by atoms with Crippen LogP contribution in [0.15, 0.2) is 24.5 Å². The molecule has 1 saturated heterocycles. The summed E-state index contributed by atoms with van der Waals surface area (Å²) in [5.41, 5.74) is 1.40. The summed E-state index contributed by atoms with van der Waals surface area (Å²) < 4.78 is 0. The van der Waals surface area contributed by atoms with Crippen LogP contribution in [0.25, 0.3) is 0 Å². The molecule has 1 aliphatic rings. The quantitative estimate of drug-likeness (QED) is 0.834. The standard InChI is InChI=1S/C16H24N2O/c1-12(2)15-16(3,4)11-18(15)14(19)8-7-13-6-5-9-17-10-13/h5-6,9-10,12,15H,7-8,11H2,1-4H3. The summed E-state index contributed by atoms with van der Waals surface area (Å²) in [7, 11) is 0. The minimum atomic E-state index is 0.262. The zero-order valence-electron chi connectivity index (χ0n) is 12.4. The minimum Gasteiger partial charge on any atom is -0.338 e. The first-order valence-corrected chi connectivity index (χ1v) is 7.10. The average Bonchev–Trinajstić information content (AvgIpc) is 2.34. The van der Waals surface area contributed by atoms with Crippen LogP contribution in [0.1, 0.15) is 39.7 Å². The van der Waals surface area contributed by atoms with Gasteiger partial charge in [0.05, 0.1) is 0 Å². The van der Waals surface area contributed by atoms with Gasteiger partial charge in [-0.15, -0.1) is 0 Å². The number of hydrogen-bond donors (Lipinski definition) is 0. The highest BCUT2D eigenvalue weighted by molar-refractivity contribution is 5.78. The van der Waals surface area contributed by atoms with E-state index in [0.717, 1.165) is 18.5 Å². The van der Waals surface area contributed by atoms with E-state index in [0.29, 0.717) is 18.4 Å². The Kier molecular flexibility index (Phi) is 3.93. The number of rotatable bonds is 4. The molecule has 3 nitrogen and oxygen atoms in total. The molecule has 0 aromatic carbocycles. The normalized spacial score (nSPS) is 21.3. The van der Waals surface area contributed by atoms with Crippen molar-refractivity contribution in [1.82, 2.24) is 9.88 Å². The van der Waals surface area contributed by atoms with Gasteiger partial charge in [0.1, 0.15) is 0 Å². The topological polar surface area (TPSA) is 33.2 Å². The lowest BCUT2D eigenvalue weighted by Gasteiger charge is -2.56. The fourth-order valence-corrected chi connectivity index (χ4v) is 3.39. The summed E-state index contributed by atoms with van der Waals surface area (Å²) in [5, 5.41) is 0. The summed E-state index contributed by atoms with van der Waals surface area (Å²) in [5.74, 6) is 0.799. The van der Waals surface area contributed by atoms with E-state index in [9.17, 15) is 4.79 Å². The third-order valence-electron chi connectivity index (χ3n) is 4.02. The van der Waals surface area contributed by atoms with Crippen LogP contribution in [0.5, 0.6) is 0 Å². The second-order valence-corrected chi connectivity index (χ2v) is 6.56. The molecule has 0 N–H and O–H groups in total. The van der Waals surface area contributed by atoms with Crippen LogP contribution in [0.3, 0.4) is 0 Å². The predicted molar refractivity (Wildman–Crippen MR) is 76.7 cm³/mol. The Morgan fingerprint density at radius 2 is 2.26 bits per heavy atom. The number of nitrogens with zero attached hydrogens (tertiary/aromatic N) is 2. The number of hydrogen-bond acceptors (Lipinski definition) is 2. The number of likely N-dealkylation sites (tertiary alicyclic amines) is 1. The van der Waals surface area contributed by atoms with Crippen LogP contribution in [0.2, 0.25) is 0 Å². The van der Waals surface area contributed by atoms with Crippen molar-refractivity contribution >= 4 is 5.91 Å². The van der Waals surface area contributed by atoms with Gasteiger partial charge >= 0.3 is 0 Å². The molecule has 0 spiro atoms. The minimum absolute atomic E-state index is 0.262. The van der Waals surface area contributed by atoms with Crippen molar-refractivity contribution in [1.29, 1.82) is 0 Å². The molecule has 1 fully saturated rings. The van der Waals surface area contributed by atoms with Gasteiger partial charge in [-0.05, 0) is 24.0 Å². The molecule has 2 rings (SSSR count). The van der Waals surface area contributed by atoms with E-state index in [1.807, 2.05) is 18.3 Å². The van der Waals surface area contributed by atoms with E-state index in [1.54, 1.807) is 6.20 Å². The number of aryl methyl sites for hydroxylation is 1. The van der Waals surface area contributed by atoms with Gasteiger partial charge in [0.2, 0.25) is 5.91 Å². The first-order valence-electron chi connectivity index (χ1n) is 7.10. The Hall–Kier alpha value is -1.38. The van der Waals surface area contributed by atoms with Gasteiger partial charge in [-0.2, -0.15) is 0 Å². The molecule has 2 heterocycles. The van der Waals surface area contributed by atoms with Gasteiger partial charge in [0, 0.05) is 36.8 Å². The molecule has 1 unspecified atom stereocenters. The third kappa shape index (κ3) is 2.96. The van der Waals surface area contributed by atoms with Crippen LogP contribution in [0.4, 0.5) is 0 Å². The molecule has 104 valence electrons. The van der Waals surface area contributed by atoms with Gasteiger partial charge < -0.3 is 4.90 Å². The van der Waals surface area contributed by atoms with E-state index in [1.165, 1.54) is 0 Å². The Morgan fingerprint density at radius 3 is 2.79 bits per heavy atom. The van der Waals surface area contributed by atoms with Gasteiger partial charge in [-0.3, -0.25) is 9.78 Å². The molecule has 3 heteroatoms. The number of pyridine rings is 1. The molecule has 1 amide bonds. The number of carbonyl (C=O) groups excluding carboxylic acids is 1. The lowest BCUT2D eigenvalue weighted by atomic mass is 9.70. The highest BCUT2D eigenvalue weighted by Crippen LogP contribution is 2.41. The molecule has 0 bridgehead atoms. The Labute approximate surface area is 116 Å². The summed E-state index contributed by atoms with van der Waals surface area (Å²) >= 11 is 0. The largest absolute Gasteiger partial charge is 0.338 e. The van der Waals surface area contributed by atoms with E-state index in [4.69, 9.17) is 0 Å². The van der Waals surface area contributed by atoms with Crippen LogP contribution < -0.4 is 0 Å². The first kappa shape index (κ1) is 14.0. The summed E-state index contributed by atoms with van der Waals surface area (Å²) in [6.45, 7) is 9.80. The monoisotopic (exact) mass is 260 g/mol. The van der Waals surface area contributed by atoms with Crippen LogP contribution in [-0.2, 0) is 11.2 Å². The van der Waals surface area contributed by atoms with E-state index in [-0.39, 0.29) is 11.3 Å². The van der Waals surface area contributed by atoms with Gasteiger partial charge in [0.25, 0.3) is 0 Å². The molecule has 0 radical (unpaired) electrons. The van der Waals surface area contributed by atoms with Crippen molar-refractivity contribution in [3.05, 3.63) is 30.1 Å². The van der Waals surface area contributed by atoms with E-state index < -0.39 is 0 Å². The molecule has 0 saturated carbocycles. The van der Waals surface area contributed by atoms with Crippen molar-refractivity contribution in [2.24, 2.45) is 11.3 Å². The van der Waals surface area contributed by atoms with Crippen molar-refractivity contribution in [2.45, 2.75) is 46.6 Å². The maximum Gasteiger partial charge on any atom is 0.223 e. The van der Waals surface area contributed by atoms with Crippen molar-refractivity contribution in [2.75, 3.05) is 6.54 Å². The predicted octanol–water partition coefficient (Wildman–Crippen LogP) is 2.91. The zero-order chi connectivity index (χ0) is 14.0. The second-order valence-electron chi connectivity index (χ2n) is 6.56. The lowest BCUT2D eigenvalue weighted by molar-refractivity contribution is -0.155. The number of carbonyl (C=O) groups is 1. The second kappa shape index (κ2) is 5.32. The van der Waals surface area contributed by atoms with Crippen LogP contribution >= 0.6 is 0 Å². The fourth-order valence-electron chi connectivity index (χ4n) is 3.39. The zero-order valence-corrected chi connectivity index (χ0v) is 12.4. The Morgan fingerprint density at radius 1 is 1.53 bits per heavy atom. The van der Waals surface area contributed by atoms with Gasteiger partial charge in [-0.25, -0.2) is 0 Å². The van der Waals surface area contributed by atoms with Crippen LogP contribution in [-0.4, -0.2) is 28.4 Å². The molecular weight excluding hydrogens is 236 g/mol. The number of amides is 1. The molecule has 1 atom stereocenters. The maximum atomic E-state index is 12.3. The highest BCUT2D eigenvalue weighted by atomic mass is 16.2. The molecule has 0 aliphatic carbocycles. The van der Waals surface area contributed by atoms with Gasteiger partial charge in [-0.1, -0.05) is 33.8 Å². The maximum absolute atomic E-state index is 12.3. The van der Waals surface area contributed by atoms with Crippen molar-refractivity contribution in [3.8, 4) is 0 Å². The van der Waals surface area contributed by atoms with Gasteiger partial charge in [0.15, 0.2) is 0 Å².